The van der Waals surface area contributed by atoms with Crippen LogP contribution in [0, 0.1) is 11.3 Å². The zero-order valence-electron chi connectivity index (χ0n) is 11.1. The summed E-state index contributed by atoms with van der Waals surface area (Å²) in [7, 11) is 1.59. The molecule has 18 heavy (non-hydrogen) atoms. The third kappa shape index (κ3) is 3.35. The highest BCUT2D eigenvalue weighted by Gasteiger charge is 2.39. The van der Waals surface area contributed by atoms with Gasteiger partial charge in [0.1, 0.15) is 5.92 Å². The molecule has 1 aromatic heterocycles. The van der Waals surface area contributed by atoms with Crippen LogP contribution >= 0.6 is 0 Å². The van der Waals surface area contributed by atoms with Crippen molar-refractivity contribution in [3.8, 4) is 0 Å². The van der Waals surface area contributed by atoms with Gasteiger partial charge >= 0.3 is 5.97 Å². The molecule has 1 N–H and O–H groups in total. The SMILES string of the molecule is CN(Cc1ccoc1)C(=O)C(C(=O)O)C(C)(C)C. The fourth-order valence-electron chi connectivity index (χ4n) is 1.80. The molecule has 1 amide bonds. The molecule has 0 bridgehead atoms. The van der Waals surface area contributed by atoms with Crippen molar-refractivity contribution in [1.82, 2.24) is 4.90 Å². The number of hydrogen-bond acceptors (Lipinski definition) is 3. The van der Waals surface area contributed by atoms with Gasteiger partial charge in [-0.25, -0.2) is 0 Å². The molecule has 1 unspecified atom stereocenters. The Labute approximate surface area is 106 Å². The molecule has 5 heteroatoms. The Morgan fingerprint density at radius 1 is 1.44 bits per heavy atom. The lowest BCUT2D eigenvalue weighted by Gasteiger charge is -2.29. The smallest absolute Gasteiger partial charge is 0.316 e. The minimum atomic E-state index is -1.09. The summed E-state index contributed by atoms with van der Waals surface area (Å²) in [5.41, 5.74) is 0.219. The molecule has 0 saturated carbocycles. The highest BCUT2D eigenvalue weighted by Crippen LogP contribution is 2.28. The molecule has 1 heterocycles. The summed E-state index contributed by atoms with van der Waals surface area (Å²) in [5.74, 6) is -2.53. The second-order valence-corrected chi connectivity index (χ2v) is 5.46. The van der Waals surface area contributed by atoms with Gasteiger partial charge in [0.05, 0.1) is 12.5 Å². The topological polar surface area (TPSA) is 70.8 Å². The average molecular weight is 253 g/mol. The molecular weight excluding hydrogens is 234 g/mol. The molecule has 5 nitrogen and oxygen atoms in total. The van der Waals surface area contributed by atoms with Crippen LogP contribution in [-0.4, -0.2) is 28.9 Å². The van der Waals surface area contributed by atoms with Crippen LogP contribution < -0.4 is 0 Å². The first-order chi connectivity index (χ1) is 8.23. The fourth-order valence-corrected chi connectivity index (χ4v) is 1.80. The molecule has 1 atom stereocenters. The van der Waals surface area contributed by atoms with E-state index >= 15 is 0 Å². The van der Waals surface area contributed by atoms with Crippen LogP contribution in [0.1, 0.15) is 26.3 Å². The number of carbonyl (C=O) groups is 2. The summed E-state index contributed by atoms with van der Waals surface area (Å²) < 4.78 is 4.92. The van der Waals surface area contributed by atoms with E-state index in [0.717, 1.165) is 5.56 Å². The zero-order chi connectivity index (χ0) is 13.9. The van der Waals surface area contributed by atoms with Crippen molar-refractivity contribution in [3.05, 3.63) is 24.2 Å². The quantitative estimate of drug-likeness (QED) is 0.833. The van der Waals surface area contributed by atoms with Crippen LogP contribution in [0.2, 0.25) is 0 Å². The number of rotatable bonds is 4. The highest BCUT2D eigenvalue weighted by molar-refractivity contribution is 5.97. The van der Waals surface area contributed by atoms with E-state index in [0.29, 0.717) is 6.54 Å². The molecule has 0 spiro atoms. The standard InChI is InChI=1S/C13H19NO4/c1-13(2,3)10(12(16)17)11(15)14(4)7-9-5-6-18-8-9/h5-6,8,10H,7H2,1-4H3,(H,16,17). The number of nitrogens with zero attached hydrogens (tertiary/aromatic N) is 1. The highest BCUT2D eigenvalue weighted by atomic mass is 16.4. The summed E-state index contributed by atoms with van der Waals surface area (Å²) >= 11 is 0. The van der Waals surface area contributed by atoms with Gasteiger partial charge in [0.2, 0.25) is 5.91 Å². The van der Waals surface area contributed by atoms with Crippen LogP contribution in [0.3, 0.4) is 0 Å². The third-order valence-corrected chi connectivity index (χ3v) is 2.74. The molecule has 100 valence electrons. The number of amides is 1. The Bertz CT molecular complexity index is 417. The predicted octanol–water partition coefficient (Wildman–Crippen LogP) is 1.98. The number of hydrogen-bond donors (Lipinski definition) is 1. The Kier molecular flexibility index (Phi) is 4.16. The zero-order valence-corrected chi connectivity index (χ0v) is 11.1. The average Bonchev–Trinajstić information content (AvgIpc) is 2.67. The second kappa shape index (κ2) is 5.25. The second-order valence-electron chi connectivity index (χ2n) is 5.46. The maximum atomic E-state index is 12.2. The Hall–Kier alpha value is -1.78. The van der Waals surface area contributed by atoms with Gasteiger partial charge in [-0.3, -0.25) is 9.59 Å². The van der Waals surface area contributed by atoms with Crippen LogP contribution in [0.25, 0.3) is 0 Å². The summed E-state index contributed by atoms with van der Waals surface area (Å²) in [6, 6.07) is 1.75. The van der Waals surface area contributed by atoms with Gasteiger partial charge in [-0.05, 0) is 11.5 Å². The molecule has 0 aromatic carbocycles. The molecule has 1 aromatic rings. The maximum absolute atomic E-state index is 12.2. The minimum absolute atomic E-state index is 0.342. The largest absolute Gasteiger partial charge is 0.481 e. The van der Waals surface area contributed by atoms with Crippen LogP contribution in [-0.2, 0) is 16.1 Å². The number of aliphatic carboxylic acids is 1. The van der Waals surface area contributed by atoms with Crippen molar-refractivity contribution in [2.24, 2.45) is 11.3 Å². The molecule has 0 fully saturated rings. The van der Waals surface area contributed by atoms with Gasteiger partial charge in [-0.1, -0.05) is 20.8 Å². The Morgan fingerprint density at radius 2 is 2.06 bits per heavy atom. The van der Waals surface area contributed by atoms with E-state index in [1.165, 1.54) is 17.4 Å². The number of furan rings is 1. The first-order valence-corrected chi connectivity index (χ1v) is 5.72. The predicted molar refractivity (Wildman–Crippen MR) is 65.8 cm³/mol. The van der Waals surface area contributed by atoms with Gasteiger partial charge in [-0.15, -0.1) is 0 Å². The lowest BCUT2D eigenvalue weighted by Crippen LogP contribution is -2.43. The molecular formula is C13H19NO4. The van der Waals surface area contributed by atoms with E-state index in [9.17, 15) is 14.7 Å². The Balaban J connectivity index is 2.81. The summed E-state index contributed by atoms with van der Waals surface area (Å²) in [4.78, 5) is 24.8. The van der Waals surface area contributed by atoms with E-state index in [1.807, 2.05) is 0 Å². The van der Waals surface area contributed by atoms with Crippen molar-refractivity contribution in [2.75, 3.05) is 7.05 Å². The Morgan fingerprint density at radius 3 is 2.44 bits per heavy atom. The molecule has 0 aliphatic carbocycles. The lowest BCUT2D eigenvalue weighted by atomic mass is 9.80. The third-order valence-electron chi connectivity index (χ3n) is 2.74. The molecule has 0 aliphatic heterocycles. The number of carboxylic acids is 1. The molecule has 0 aliphatic rings. The molecule has 0 saturated heterocycles. The van der Waals surface area contributed by atoms with Crippen LogP contribution in [0.5, 0.6) is 0 Å². The van der Waals surface area contributed by atoms with Gasteiger partial charge < -0.3 is 14.4 Å². The van der Waals surface area contributed by atoms with Gasteiger partial charge in [0, 0.05) is 19.2 Å². The van der Waals surface area contributed by atoms with Crippen molar-refractivity contribution >= 4 is 11.9 Å². The first-order valence-electron chi connectivity index (χ1n) is 5.72. The van der Waals surface area contributed by atoms with Crippen LogP contribution in [0.4, 0.5) is 0 Å². The first kappa shape index (κ1) is 14.3. The lowest BCUT2D eigenvalue weighted by molar-refractivity contribution is -0.155. The number of carboxylic acid groups (broad SMARTS) is 1. The van der Waals surface area contributed by atoms with Gasteiger partial charge in [0.15, 0.2) is 0 Å². The van der Waals surface area contributed by atoms with Crippen LogP contribution in [0.15, 0.2) is 23.0 Å². The van der Waals surface area contributed by atoms with Gasteiger partial charge in [0.25, 0.3) is 0 Å². The van der Waals surface area contributed by atoms with E-state index in [1.54, 1.807) is 33.9 Å². The van der Waals surface area contributed by atoms with Crippen molar-refractivity contribution in [2.45, 2.75) is 27.3 Å². The maximum Gasteiger partial charge on any atom is 0.316 e. The minimum Gasteiger partial charge on any atom is -0.481 e. The monoisotopic (exact) mass is 253 g/mol. The summed E-state index contributed by atoms with van der Waals surface area (Å²) in [6.07, 6.45) is 3.06. The van der Waals surface area contributed by atoms with Gasteiger partial charge in [-0.2, -0.15) is 0 Å². The van der Waals surface area contributed by atoms with E-state index < -0.39 is 23.2 Å². The van der Waals surface area contributed by atoms with E-state index in [-0.39, 0.29) is 0 Å². The fraction of sp³-hybridized carbons (Fsp3) is 0.538. The van der Waals surface area contributed by atoms with E-state index in [2.05, 4.69) is 0 Å². The normalized spacial score (nSPS) is 13.1. The summed E-state index contributed by atoms with van der Waals surface area (Å²) in [6.45, 7) is 5.58. The van der Waals surface area contributed by atoms with E-state index in [4.69, 9.17) is 4.42 Å². The molecule has 1 rings (SSSR count). The summed E-state index contributed by atoms with van der Waals surface area (Å²) in [5, 5.41) is 9.19. The molecule has 0 radical (unpaired) electrons. The van der Waals surface area contributed by atoms with Crippen molar-refractivity contribution in [3.63, 3.8) is 0 Å². The van der Waals surface area contributed by atoms with Crippen molar-refractivity contribution in [1.29, 1.82) is 0 Å². The number of carbonyl (C=O) groups excluding carboxylic acids is 1. The van der Waals surface area contributed by atoms with Crippen molar-refractivity contribution < 1.29 is 19.1 Å².